The molecule has 6 heteroatoms. The molecular weight excluding hydrogens is 444 g/mol. The molecule has 0 aliphatic carbocycles. The first-order valence-corrected chi connectivity index (χ1v) is 17.9. The maximum absolute atomic E-state index is 6.85. The third-order valence-electron chi connectivity index (χ3n) is 4.91. The fourth-order valence-corrected chi connectivity index (χ4v) is 13.9. The van der Waals surface area contributed by atoms with Gasteiger partial charge in [0.2, 0.25) is 0 Å². The van der Waals surface area contributed by atoms with Crippen molar-refractivity contribution in [3.05, 3.63) is 0 Å². The molecule has 0 saturated heterocycles. The van der Waals surface area contributed by atoms with E-state index >= 15 is 0 Å². The van der Waals surface area contributed by atoms with Crippen molar-refractivity contribution in [1.29, 1.82) is 0 Å². The van der Waals surface area contributed by atoms with Crippen molar-refractivity contribution in [2.45, 2.75) is 176 Å². The van der Waals surface area contributed by atoms with Gasteiger partial charge >= 0.3 is 17.1 Å². The molecular formula is C27H60O4Si2. The zero-order valence-corrected chi connectivity index (χ0v) is 27.0. The molecule has 0 radical (unpaired) electrons. The molecule has 0 aromatic carbocycles. The molecule has 0 N–H and O–H groups in total. The van der Waals surface area contributed by atoms with E-state index in [4.69, 9.17) is 17.7 Å². The van der Waals surface area contributed by atoms with Gasteiger partial charge in [0.25, 0.3) is 0 Å². The Morgan fingerprint density at radius 1 is 0.394 bits per heavy atom. The molecule has 0 aromatic rings. The first-order chi connectivity index (χ1) is 14.7. The van der Waals surface area contributed by atoms with Gasteiger partial charge in [-0.05, 0) is 114 Å². The van der Waals surface area contributed by atoms with E-state index in [0.717, 1.165) is 56.3 Å². The van der Waals surface area contributed by atoms with Gasteiger partial charge in [0.15, 0.2) is 0 Å². The van der Waals surface area contributed by atoms with E-state index < -0.39 is 17.1 Å². The van der Waals surface area contributed by atoms with Gasteiger partial charge in [0, 0.05) is 0 Å². The van der Waals surface area contributed by atoms with Crippen molar-refractivity contribution in [3.8, 4) is 0 Å². The Bertz CT molecular complexity index is 456. The molecule has 0 bridgehead atoms. The van der Waals surface area contributed by atoms with Crippen LogP contribution in [0.3, 0.4) is 0 Å². The van der Waals surface area contributed by atoms with Crippen molar-refractivity contribution in [2.24, 2.45) is 0 Å². The second-order valence-electron chi connectivity index (χ2n) is 13.7. The molecule has 0 atom stereocenters. The predicted molar refractivity (Wildman–Crippen MR) is 149 cm³/mol. The van der Waals surface area contributed by atoms with Crippen LogP contribution in [0.2, 0.25) is 24.2 Å². The lowest BCUT2D eigenvalue weighted by Gasteiger charge is -2.43. The summed E-state index contributed by atoms with van der Waals surface area (Å²) in [6, 6.07) is 4.07. The van der Waals surface area contributed by atoms with E-state index in [-0.39, 0.29) is 22.4 Å². The summed E-state index contributed by atoms with van der Waals surface area (Å²) >= 11 is 0. The molecule has 33 heavy (non-hydrogen) atoms. The molecule has 0 aromatic heterocycles. The minimum atomic E-state index is -2.42. The molecule has 0 amide bonds. The summed E-state index contributed by atoms with van der Waals surface area (Å²) in [5, 5.41) is 0. The van der Waals surface area contributed by atoms with Crippen LogP contribution >= 0.6 is 0 Å². The lowest BCUT2D eigenvalue weighted by molar-refractivity contribution is 0.0108. The van der Waals surface area contributed by atoms with Gasteiger partial charge in [0.05, 0.1) is 22.4 Å². The SMILES string of the molecule is CCCC[Si](CCC[Si](CCCC)(OC(C)(C)C)OC(C)(C)C)(OC(C)(C)C)OC(C)(C)C. The highest BCUT2D eigenvalue weighted by Gasteiger charge is 2.47. The molecule has 0 aliphatic heterocycles. The van der Waals surface area contributed by atoms with E-state index in [1.807, 2.05) is 0 Å². The van der Waals surface area contributed by atoms with Gasteiger partial charge in [-0.3, -0.25) is 0 Å². The van der Waals surface area contributed by atoms with Crippen LogP contribution in [0.15, 0.2) is 0 Å². The van der Waals surface area contributed by atoms with Crippen LogP contribution in [0.5, 0.6) is 0 Å². The average molecular weight is 505 g/mol. The van der Waals surface area contributed by atoms with E-state index in [1.54, 1.807) is 0 Å². The van der Waals surface area contributed by atoms with Crippen LogP contribution < -0.4 is 0 Å². The van der Waals surface area contributed by atoms with Crippen LogP contribution in [-0.4, -0.2) is 39.5 Å². The Hall–Kier alpha value is 0.274. The van der Waals surface area contributed by atoms with Crippen molar-refractivity contribution in [3.63, 3.8) is 0 Å². The minimum Gasteiger partial charge on any atom is -0.389 e. The Balaban J connectivity index is 5.97. The monoisotopic (exact) mass is 504 g/mol. The molecule has 0 saturated carbocycles. The lowest BCUT2D eigenvalue weighted by Crippen LogP contribution is -2.53. The summed E-state index contributed by atoms with van der Waals surface area (Å²) in [5.41, 5.74) is -0.866. The number of hydrogen-bond acceptors (Lipinski definition) is 4. The second-order valence-corrected chi connectivity index (χ2v) is 20.2. The molecule has 0 heterocycles. The van der Waals surface area contributed by atoms with Gasteiger partial charge in [-0.1, -0.05) is 39.5 Å². The average Bonchev–Trinajstić information content (AvgIpc) is 2.52. The number of unbranched alkanes of at least 4 members (excludes halogenated alkanes) is 2. The van der Waals surface area contributed by atoms with Crippen molar-refractivity contribution in [2.75, 3.05) is 0 Å². The molecule has 0 spiro atoms. The van der Waals surface area contributed by atoms with Crippen molar-refractivity contribution < 1.29 is 17.7 Å². The maximum atomic E-state index is 6.85. The highest BCUT2D eigenvalue weighted by molar-refractivity contribution is 6.69. The van der Waals surface area contributed by atoms with Gasteiger partial charge in [-0.15, -0.1) is 0 Å². The molecule has 0 rings (SSSR count). The van der Waals surface area contributed by atoms with Gasteiger partial charge in [0.1, 0.15) is 0 Å². The fourth-order valence-electron chi connectivity index (χ4n) is 4.45. The highest BCUT2D eigenvalue weighted by atomic mass is 28.4. The maximum Gasteiger partial charge on any atom is 0.338 e. The van der Waals surface area contributed by atoms with E-state index in [1.165, 1.54) is 0 Å². The lowest BCUT2D eigenvalue weighted by atomic mass is 10.2. The number of rotatable bonds is 14. The topological polar surface area (TPSA) is 36.9 Å². The molecule has 0 fully saturated rings. The third kappa shape index (κ3) is 16.6. The molecule has 0 aliphatic rings. The van der Waals surface area contributed by atoms with Crippen molar-refractivity contribution in [1.82, 2.24) is 0 Å². The summed E-state index contributed by atoms with van der Waals surface area (Å²) in [6.45, 7) is 30.5. The zero-order valence-electron chi connectivity index (χ0n) is 25.0. The normalized spacial score (nSPS) is 14.7. The van der Waals surface area contributed by atoms with Crippen LogP contribution in [0.1, 0.15) is 129 Å². The minimum absolute atomic E-state index is 0.217. The van der Waals surface area contributed by atoms with E-state index in [9.17, 15) is 0 Å². The summed E-state index contributed by atoms with van der Waals surface area (Å²) < 4.78 is 27.4. The Morgan fingerprint density at radius 2 is 0.606 bits per heavy atom. The molecule has 4 nitrogen and oxygen atoms in total. The molecule has 200 valence electrons. The Labute approximate surface area is 210 Å². The Morgan fingerprint density at radius 3 is 0.788 bits per heavy atom. The number of hydrogen-bond donors (Lipinski definition) is 0. The summed E-state index contributed by atoms with van der Waals surface area (Å²) in [7, 11) is -4.85. The first kappa shape index (κ1) is 33.3. The van der Waals surface area contributed by atoms with Gasteiger partial charge < -0.3 is 17.7 Å². The quantitative estimate of drug-likeness (QED) is 0.221. The largest absolute Gasteiger partial charge is 0.389 e. The fraction of sp³-hybridized carbons (Fsp3) is 1.00. The highest BCUT2D eigenvalue weighted by Crippen LogP contribution is 2.37. The molecule has 0 unspecified atom stereocenters. The third-order valence-corrected chi connectivity index (χ3v) is 13.3. The zero-order chi connectivity index (χ0) is 26.2. The van der Waals surface area contributed by atoms with Crippen LogP contribution in [0.4, 0.5) is 0 Å². The van der Waals surface area contributed by atoms with Crippen molar-refractivity contribution >= 4 is 17.1 Å². The van der Waals surface area contributed by atoms with Gasteiger partial charge in [-0.2, -0.15) is 0 Å². The van der Waals surface area contributed by atoms with E-state index in [0.29, 0.717) is 0 Å². The van der Waals surface area contributed by atoms with Crippen LogP contribution in [-0.2, 0) is 17.7 Å². The predicted octanol–water partition coefficient (Wildman–Crippen LogP) is 9.12. The van der Waals surface area contributed by atoms with E-state index in [2.05, 4.69) is 96.9 Å². The van der Waals surface area contributed by atoms with Gasteiger partial charge in [-0.25, -0.2) is 0 Å². The second kappa shape index (κ2) is 13.0. The summed E-state index contributed by atoms with van der Waals surface area (Å²) in [6.07, 6.45) is 5.64. The van der Waals surface area contributed by atoms with Crippen LogP contribution in [0, 0.1) is 0 Å². The Kier molecular flexibility index (Phi) is 13.1. The first-order valence-electron chi connectivity index (χ1n) is 13.5. The summed E-state index contributed by atoms with van der Waals surface area (Å²) in [4.78, 5) is 0. The van der Waals surface area contributed by atoms with Crippen LogP contribution in [0.25, 0.3) is 0 Å². The smallest absolute Gasteiger partial charge is 0.338 e. The summed E-state index contributed by atoms with van der Waals surface area (Å²) in [5.74, 6) is 0. The standard InChI is InChI=1S/C27H60O4Si2/c1-15-17-20-32(28-24(3,4)5,29-25(6,7)8)22-19-23-33(21-18-16-2,30-26(9,10)11)31-27(12,13)14/h15-23H2,1-14H3.